The molecule has 1 heterocycles. The number of hydrogen-bond donors (Lipinski definition) is 1. The predicted molar refractivity (Wildman–Crippen MR) is 92.7 cm³/mol. The van der Waals surface area contributed by atoms with Gasteiger partial charge in [-0.25, -0.2) is 0 Å². The average Bonchev–Trinajstić information content (AvgIpc) is 2.48. The third kappa shape index (κ3) is 4.75. The summed E-state index contributed by atoms with van der Waals surface area (Å²) in [6.45, 7) is 7.84. The van der Waals surface area contributed by atoms with Crippen LogP contribution in [0.5, 0.6) is 0 Å². The quantitative estimate of drug-likeness (QED) is 0.594. The normalized spacial score (nSPS) is 16.9. The number of nitrogens with one attached hydrogen (secondary N) is 1. The van der Waals surface area contributed by atoms with Crippen molar-refractivity contribution < 1.29 is 0 Å². The first-order valence-corrected chi connectivity index (χ1v) is 7.84. The third-order valence-corrected chi connectivity index (χ3v) is 4.16. The van der Waals surface area contributed by atoms with Crippen LogP contribution >= 0.6 is 11.6 Å². The SMILES string of the molecule is C=C/C(=C/C1CCN(c2ccc(Cl)cc2)CC1)CC(C)=N. The molecule has 0 aliphatic carbocycles. The van der Waals surface area contributed by atoms with E-state index >= 15 is 0 Å². The van der Waals surface area contributed by atoms with Gasteiger partial charge in [0.2, 0.25) is 0 Å². The van der Waals surface area contributed by atoms with E-state index in [2.05, 4.69) is 29.7 Å². The fourth-order valence-electron chi connectivity index (χ4n) is 2.78. The van der Waals surface area contributed by atoms with Crippen LogP contribution in [0.25, 0.3) is 0 Å². The van der Waals surface area contributed by atoms with Crippen LogP contribution in [-0.4, -0.2) is 18.8 Å². The van der Waals surface area contributed by atoms with Crippen LogP contribution in [0.2, 0.25) is 5.02 Å². The number of halogens is 1. The number of hydrogen-bond acceptors (Lipinski definition) is 2. The molecule has 0 bridgehead atoms. The van der Waals surface area contributed by atoms with E-state index in [1.54, 1.807) is 0 Å². The Balaban J connectivity index is 1.93. The molecule has 1 N–H and O–H groups in total. The highest BCUT2D eigenvalue weighted by molar-refractivity contribution is 6.30. The Labute approximate surface area is 132 Å². The second-order valence-electron chi connectivity index (χ2n) is 5.70. The van der Waals surface area contributed by atoms with Gasteiger partial charge in [0.1, 0.15) is 0 Å². The average molecular weight is 303 g/mol. The summed E-state index contributed by atoms with van der Waals surface area (Å²) < 4.78 is 0. The van der Waals surface area contributed by atoms with Crippen LogP contribution in [0.1, 0.15) is 26.2 Å². The minimum Gasteiger partial charge on any atom is -0.371 e. The molecule has 0 saturated carbocycles. The summed E-state index contributed by atoms with van der Waals surface area (Å²) in [4.78, 5) is 2.41. The van der Waals surface area contributed by atoms with Crippen molar-refractivity contribution in [3.63, 3.8) is 0 Å². The third-order valence-electron chi connectivity index (χ3n) is 3.91. The van der Waals surface area contributed by atoms with E-state index in [-0.39, 0.29) is 0 Å². The number of benzene rings is 1. The van der Waals surface area contributed by atoms with Crippen molar-refractivity contribution in [2.45, 2.75) is 26.2 Å². The Bertz CT molecular complexity index is 523. The van der Waals surface area contributed by atoms with Crippen molar-refractivity contribution in [2.24, 2.45) is 5.92 Å². The van der Waals surface area contributed by atoms with E-state index in [0.29, 0.717) is 11.6 Å². The Morgan fingerprint density at radius 1 is 1.33 bits per heavy atom. The van der Waals surface area contributed by atoms with Crippen molar-refractivity contribution in [1.82, 2.24) is 0 Å². The molecule has 112 valence electrons. The van der Waals surface area contributed by atoms with Gasteiger partial charge in [-0.2, -0.15) is 0 Å². The molecule has 21 heavy (non-hydrogen) atoms. The van der Waals surface area contributed by atoms with Crippen molar-refractivity contribution in [1.29, 1.82) is 5.41 Å². The minimum absolute atomic E-state index is 0.598. The molecule has 0 atom stereocenters. The standard InChI is InChI=1S/C18H23ClN2/c1-3-15(12-14(2)20)13-16-8-10-21(11-9-16)18-6-4-17(19)5-7-18/h3-7,13,16,20H,1,8-12H2,2H3/b15-13-,20-14?. The molecule has 1 aromatic rings. The summed E-state index contributed by atoms with van der Waals surface area (Å²) in [6, 6.07) is 8.08. The van der Waals surface area contributed by atoms with Gasteiger partial charge in [0, 0.05) is 35.9 Å². The zero-order valence-electron chi connectivity index (χ0n) is 12.6. The fourth-order valence-corrected chi connectivity index (χ4v) is 2.91. The van der Waals surface area contributed by atoms with E-state index in [1.807, 2.05) is 25.1 Å². The molecule has 1 aromatic carbocycles. The largest absolute Gasteiger partial charge is 0.371 e. The highest BCUT2D eigenvalue weighted by Crippen LogP contribution is 2.26. The van der Waals surface area contributed by atoms with Crippen LogP contribution in [0.3, 0.4) is 0 Å². The molecular weight excluding hydrogens is 280 g/mol. The summed E-state index contributed by atoms with van der Waals surface area (Å²) in [5.41, 5.74) is 3.13. The molecule has 0 aromatic heterocycles. The monoisotopic (exact) mass is 302 g/mol. The Kier molecular flexibility index (Phi) is 5.63. The first-order valence-electron chi connectivity index (χ1n) is 7.46. The molecule has 2 nitrogen and oxygen atoms in total. The minimum atomic E-state index is 0.598. The summed E-state index contributed by atoms with van der Waals surface area (Å²) in [5, 5.41) is 8.39. The molecule has 0 spiro atoms. The molecule has 0 unspecified atom stereocenters. The number of allylic oxidation sites excluding steroid dienone is 3. The lowest BCUT2D eigenvalue weighted by Crippen LogP contribution is -2.33. The van der Waals surface area contributed by atoms with Gasteiger partial charge in [0.25, 0.3) is 0 Å². The maximum Gasteiger partial charge on any atom is 0.0407 e. The number of anilines is 1. The molecule has 1 aliphatic heterocycles. The molecule has 0 radical (unpaired) electrons. The summed E-state index contributed by atoms with van der Waals surface area (Å²) in [7, 11) is 0. The van der Waals surface area contributed by atoms with E-state index < -0.39 is 0 Å². The van der Waals surface area contributed by atoms with E-state index in [9.17, 15) is 0 Å². The first kappa shape index (κ1) is 15.8. The van der Waals surface area contributed by atoms with Crippen molar-refractivity contribution in [2.75, 3.05) is 18.0 Å². The van der Waals surface area contributed by atoms with Crippen LogP contribution in [-0.2, 0) is 0 Å². The molecule has 1 fully saturated rings. The Hall–Kier alpha value is -1.54. The molecule has 1 aliphatic rings. The molecule has 0 amide bonds. The fraction of sp³-hybridized carbons (Fsp3) is 0.389. The van der Waals surface area contributed by atoms with Gasteiger partial charge in [0.05, 0.1) is 0 Å². The Morgan fingerprint density at radius 3 is 2.48 bits per heavy atom. The van der Waals surface area contributed by atoms with E-state index in [4.69, 9.17) is 17.0 Å². The maximum absolute atomic E-state index is 7.60. The van der Waals surface area contributed by atoms with Gasteiger partial charge in [-0.15, -0.1) is 0 Å². The van der Waals surface area contributed by atoms with Gasteiger partial charge in [0.15, 0.2) is 0 Å². The van der Waals surface area contributed by atoms with Gasteiger partial charge >= 0.3 is 0 Å². The highest BCUT2D eigenvalue weighted by atomic mass is 35.5. The Morgan fingerprint density at radius 2 is 1.95 bits per heavy atom. The molecule has 1 saturated heterocycles. The lowest BCUT2D eigenvalue weighted by molar-refractivity contribution is 0.477. The van der Waals surface area contributed by atoms with Crippen molar-refractivity contribution >= 4 is 23.0 Å². The van der Waals surface area contributed by atoms with Gasteiger partial charge in [-0.1, -0.05) is 30.3 Å². The second kappa shape index (κ2) is 7.46. The lowest BCUT2D eigenvalue weighted by atomic mass is 9.92. The highest BCUT2D eigenvalue weighted by Gasteiger charge is 2.18. The molecule has 2 rings (SSSR count). The van der Waals surface area contributed by atoms with Crippen molar-refractivity contribution in [3.05, 3.63) is 53.6 Å². The smallest absolute Gasteiger partial charge is 0.0407 e. The summed E-state index contributed by atoms with van der Waals surface area (Å²) in [6.07, 6.45) is 7.22. The van der Waals surface area contributed by atoms with Crippen LogP contribution in [0, 0.1) is 11.3 Å². The van der Waals surface area contributed by atoms with Gasteiger partial charge in [-0.05, 0) is 55.5 Å². The number of piperidine rings is 1. The zero-order valence-corrected chi connectivity index (χ0v) is 13.4. The molecular formula is C18H23ClN2. The van der Waals surface area contributed by atoms with Gasteiger partial charge in [-0.3, -0.25) is 0 Å². The van der Waals surface area contributed by atoms with Crippen LogP contribution in [0.4, 0.5) is 5.69 Å². The predicted octanol–water partition coefficient (Wildman–Crippen LogP) is 5.10. The molecule has 3 heteroatoms. The van der Waals surface area contributed by atoms with Crippen LogP contribution in [0.15, 0.2) is 48.6 Å². The van der Waals surface area contributed by atoms with Gasteiger partial charge < -0.3 is 10.3 Å². The topological polar surface area (TPSA) is 27.1 Å². The summed E-state index contributed by atoms with van der Waals surface area (Å²) in [5.74, 6) is 0.598. The summed E-state index contributed by atoms with van der Waals surface area (Å²) >= 11 is 5.94. The van der Waals surface area contributed by atoms with E-state index in [0.717, 1.165) is 37.4 Å². The zero-order chi connectivity index (χ0) is 15.2. The maximum atomic E-state index is 7.60. The lowest BCUT2D eigenvalue weighted by Gasteiger charge is -2.32. The number of nitrogens with zero attached hydrogens (tertiary/aromatic N) is 1. The van der Waals surface area contributed by atoms with Crippen molar-refractivity contribution in [3.8, 4) is 0 Å². The van der Waals surface area contributed by atoms with E-state index in [1.165, 1.54) is 11.3 Å². The first-order chi connectivity index (χ1) is 10.1. The van der Waals surface area contributed by atoms with Crippen LogP contribution < -0.4 is 4.90 Å². The second-order valence-corrected chi connectivity index (χ2v) is 6.14. The number of rotatable bonds is 5.